The number of nitrogens with one attached hydrogen (secondary N) is 1. The van der Waals surface area contributed by atoms with Gasteiger partial charge in [-0.15, -0.1) is 0 Å². The minimum Gasteiger partial charge on any atom is -0.368 e. The Bertz CT molecular complexity index is 645. The van der Waals surface area contributed by atoms with E-state index in [2.05, 4.69) is 15.3 Å². The third-order valence-electron chi connectivity index (χ3n) is 3.20. The van der Waals surface area contributed by atoms with E-state index in [-0.39, 0.29) is 29.1 Å². The fourth-order valence-electron chi connectivity index (χ4n) is 2.08. The molecule has 0 saturated heterocycles. The number of rotatable bonds is 5. The lowest BCUT2D eigenvalue weighted by Gasteiger charge is -2.14. The van der Waals surface area contributed by atoms with Crippen molar-refractivity contribution in [3.63, 3.8) is 0 Å². The van der Waals surface area contributed by atoms with Crippen LogP contribution in [0.2, 0.25) is 0 Å². The molecule has 1 unspecified atom stereocenters. The highest BCUT2D eigenvalue weighted by Crippen LogP contribution is 2.26. The number of nitro groups is 1. The zero-order chi connectivity index (χ0) is 15.4. The van der Waals surface area contributed by atoms with Crippen LogP contribution in [-0.4, -0.2) is 21.4 Å². The molecule has 1 heterocycles. The first-order valence-corrected chi connectivity index (χ1v) is 6.56. The molecule has 0 saturated carbocycles. The van der Waals surface area contributed by atoms with Gasteiger partial charge in [0.1, 0.15) is 5.69 Å². The second kappa shape index (κ2) is 6.17. The molecule has 1 aromatic carbocycles. The quantitative estimate of drug-likeness (QED) is 0.646. The van der Waals surface area contributed by atoms with Crippen LogP contribution in [0.3, 0.4) is 0 Å². The number of anilines is 2. The summed E-state index contributed by atoms with van der Waals surface area (Å²) in [6, 6.07) is 9.89. The van der Waals surface area contributed by atoms with Gasteiger partial charge in [-0.05, 0) is 18.4 Å². The van der Waals surface area contributed by atoms with Crippen LogP contribution < -0.4 is 11.1 Å². The van der Waals surface area contributed by atoms with Crippen molar-refractivity contribution in [2.45, 2.75) is 19.8 Å². The molecule has 0 spiro atoms. The van der Waals surface area contributed by atoms with Crippen molar-refractivity contribution >= 4 is 17.5 Å². The van der Waals surface area contributed by atoms with E-state index in [1.54, 1.807) is 6.92 Å². The second-order valence-electron chi connectivity index (χ2n) is 4.81. The van der Waals surface area contributed by atoms with Gasteiger partial charge in [-0.25, -0.2) is 4.98 Å². The first-order valence-electron chi connectivity index (χ1n) is 6.56. The fraction of sp³-hybridized carbons (Fsp3) is 0.286. The zero-order valence-corrected chi connectivity index (χ0v) is 11.9. The molecular formula is C14H17N5O2. The minimum atomic E-state index is -0.496. The Morgan fingerprint density at radius 1 is 1.33 bits per heavy atom. The lowest BCUT2D eigenvalue weighted by atomic mass is 10.0. The molecule has 0 aliphatic rings. The van der Waals surface area contributed by atoms with Crippen LogP contribution in [0.4, 0.5) is 17.5 Å². The molecule has 1 atom stereocenters. The van der Waals surface area contributed by atoms with Gasteiger partial charge in [0.15, 0.2) is 0 Å². The summed E-state index contributed by atoms with van der Waals surface area (Å²) >= 11 is 0. The van der Waals surface area contributed by atoms with Crippen molar-refractivity contribution < 1.29 is 4.92 Å². The fourth-order valence-corrected chi connectivity index (χ4v) is 2.08. The smallest absolute Gasteiger partial charge is 0.332 e. The maximum absolute atomic E-state index is 11.1. The number of nitrogens with two attached hydrogens (primary N) is 1. The van der Waals surface area contributed by atoms with Crippen LogP contribution in [0.25, 0.3) is 0 Å². The lowest BCUT2D eigenvalue weighted by Crippen LogP contribution is -2.14. The molecule has 0 aliphatic carbocycles. The van der Waals surface area contributed by atoms with Crippen molar-refractivity contribution in [3.8, 4) is 0 Å². The summed E-state index contributed by atoms with van der Waals surface area (Å²) in [6.45, 7) is 4.09. The maximum Gasteiger partial charge on any atom is 0.332 e. The van der Waals surface area contributed by atoms with Crippen LogP contribution in [0.1, 0.15) is 24.1 Å². The Kier molecular flexibility index (Phi) is 4.32. The summed E-state index contributed by atoms with van der Waals surface area (Å²) in [6.07, 6.45) is 0. The van der Waals surface area contributed by atoms with Gasteiger partial charge in [0, 0.05) is 6.54 Å². The average Bonchev–Trinajstić information content (AvgIpc) is 2.44. The van der Waals surface area contributed by atoms with Gasteiger partial charge in [0.05, 0.1) is 4.92 Å². The maximum atomic E-state index is 11.1. The summed E-state index contributed by atoms with van der Waals surface area (Å²) in [4.78, 5) is 18.4. The molecular weight excluding hydrogens is 270 g/mol. The SMILES string of the molecule is Cc1nc(N)nc(NCC(C)c2ccccc2)c1[N+](=O)[O-]. The van der Waals surface area contributed by atoms with E-state index in [1.807, 2.05) is 37.3 Å². The summed E-state index contributed by atoms with van der Waals surface area (Å²) in [5.74, 6) is 0.364. The van der Waals surface area contributed by atoms with E-state index in [4.69, 9.17) is 5.73 Å². The number of hydrogen-bond acceptors (Lipinski definition) is 6. The molecule has 0 bridgehead atoms. The number of aromatic nitrogens is 2. The van der Waals surface area contributed by atoms with Crippen molar-refractivity contribution in [1.29, 1.82) is 0 Å². The van der Waals surface area contributed by atoms with Gasteiger partial charge in [-0.1, -0.05) is 37.3 Å². The Labute approximate surface area is 122 Å². The molecule has 0 amide bonds. The Hall–Kier alpha value is -2.70. The number of nitrogens with zero attached hydrogens (tertiary/aromatic N) is 3. The number of aryl methyl sites for hydroxylation is 1. The third kappa shape index (κ3) is 3.44. The molecule has 21 heavy (non-hydrogen) atoms. The van der Waals surface area contributed by atoms with Crippen LogP contribution in [-0.2, 0) is 0 Å². The lowest BCUT2D eigenvalue weighted by molar-refractivity contribution is -0.385. The van der Waals surface area contributed by atoms with Gasteiger partial charge in [-0.3, -0.25) is 10.1 Å². The standard InChI is InChI=1S/C14H17N5O2/c1-9(11-6-4-3-5-7-11)8-16-13-12(19(20)21)10(2)17-14(15)18-13/h3-7,9H,8H2,1-2H3,(H3,15,16,17,18). The Morgan fingerprint density at radius 3 is 2.62 bits per heavy atom. The van der Waals surface area contributed by atoms with Gasteiger partial charge < -0.3 is 11.1 Å². The molecule has 0 fully saturated rings. The van der Waals surface area contributed by atoms with E-state index in [0.29, 0.717) is 6.54 Å². The van der Waals surface area contributed by atoms with Gasteiger partial charge >= 0.3 is 5.69 Å². The molecule has 0 aliphatic heterocycles. The number of benzene rings is 1. The van der Waals surface area contributed by atoms with E-state index < -0.39 is 4.92 Å². The normalized spacial score (nSPS) is 11.9. The highest BCUT2D eigenvalue weighted by atomic mass is 16.6. The molecule has 110 valence electrons. The summed E-state index contributed by atoms with van der Waals surface area (Å²) in [5.41, 5.74) is 6.82. The Balaban J connectivity index is 2.18. The van der Waals surface area contributed by atoms with Gasteiger partial charge in [0.25, 0.3) is 0 Å². The zero-order valence-electron chi connectivity index (χ0n) is 11.9. The van der Waals surface area contributed by atoms with E-state index in [0.717, 1.165) is 5.56 Å². The topological polar surface area (TPSA) is 107 Å². The number of nitrogen functional groups attached to an aromatic ring is 1. The molecule has 3 N–H and O–H groups in total. The summed E-state index contributed by atoms with van der Waals surface area (Å²) < 4.78 is 0. The van der Waals surface area contributed by atoms with E-state index >= 15 is 0 Å². The van der Waals surface area contributed by atoms with Crippen LogP contribution in [0, 0.1) is 17.0 Å². The molecule has 0 radical (unpaired) electrons. The van der Waals surface area contributed by atoms with Crippen LogP contribution in [0.15, 0.2) is 30.3 Å². The largest absolute Gasteiger partial charge is 0.368 e. The summed E-state index contributed by atoms with van der Waals surface area (Å²) in [7, 11) is 0. The molecule has 7 nitrogen and oxygen atoms in total. The van der Waals surface area contributed by atoms with E-state index in [9.17, 15) is 10.1 Å². The Morgan fingerprint density at radius 2 is 2.00 bits per heavy atom. The van der Waals surface area contributed by atoms with Gasteiger partial charge in [-0.2, -0.15) is 4.98 Å². The second-order valence-corrected chi connectivity index (χ2v) is 4.81. The summed E-state index contributed by atoms with van der Waals surface area (Å²) in [5, 5.41) is 14.1. The predicted octanol–water partition coefficient (Wildman–Crippen LogP) is 2.49. The van der Waals surface area contributed by atoms with Crippen molar-refractivity contribution in [2.75, 3.05) is 17.6 Å². The predicted molar refractivity (Wildman–Crippen MR) is 81.2 cm³/mol. The molecule has 1 aromatic heterocycles. The van der Waals surface area contributed by atoms with Crippen molar-refractivity contribution in [3.05, 3.63) is 51.7 Å². The highest BCUT2D eigenvalue weighted by molar-refractivity contribution is 5.60. The third-order valence-corrected chi connectivity index (χ3v) is 3.20. The van der Waals surface area contributed by atoms with E-state index in [1.165, 1.54) is 0 Å². The highest BCUT2D eigenvalue weighted by Gasteiger charge is 2.21. The molecule has 7 heteroatoms. The molecule has 2 rings (SSSR count). The van der Waals surface area contributed by atoms with Gasteiger partial charge in [0.2, 0.25) is 11.8 Å². The van der Waals surface area contributed by atoms with Crippen LogP contribution >= 0.6 is 0 Å². The first-order chi connectivity index (χ1) is 9.99. The average molecular weight is 287 g/mol. The number of hydrogen-bond donors (Lipinski definition) is 2. The van der Waals surface area contributed by atoms with Crippen molar-refractivity contribution in [2.24, 2.45) is 0 Å². The van der Waals surface area contributed by atoms with Crippen LogP contribution in [0.5, 0.6) is 0 Å². The minimum absolute atomic E-state index is 0.0213. The van der Waals surface area contributed by atoms with Crippen molar-refractivity contribution in [1.82, 2.24) is 9.97 Å². The first kappa shape index (κ1) is 14.7. The molecule has 2 aromatic rings. The monoisotopic (exact) mass is 287 g/mol.